The molecule has 0 amide bonds. The van der Waals surface area contributed by atoms with Gasteiger partial charge in [0.2, 0.25) is 0 Å². The minimum absolute atomic E-state index is 0.194. The Morgan fingerprint density at radius 1 is 1.42 bits per heavy atom. The number of aldehydes is 1. The van der Waals surface area contributed by atoms with Crippen LogP contribution in [0, 0.1) is 0 Å². The van der Waals surface area contributed by atoms with Gasteiger partial charge in [-0.25, -0.2) is 0 Å². The summed E-state index contributed by atoms with van der Waals surface area (Å²) < 4.78 is 4.85. The molecule has 1 rings (SSSR count). The molecule has 1 aromatic carbocycles. The fourth-order valence-corrected chi connectivity index (χ4v) is 1.84. The Morgan fingerprint density at radius 2 is 2.16 bits per heavy atom. The second-order valence-corrected chi connectivity index (χ2v) is 4.52. The average molecular weight is 281 g/mol. The summed E-state index contributed by atoms with van der Waals surface area (Å²) in [4.78, 5) is 22.0. The van der Waals surface area contributed by atoms with E-state index < -0.39 is 0 Å². The average Bonchev–Trinajstić information content (AvgIpc) is 2.39. The summed E-state index contributed by atoms with van der Waals surface area (Å²) in [5, 5.41) is 0.429. The van der Waals surface area contributed by atoms with Gasteiger partial charge in [0.25, 0.3) is 0 Å². The highest BCUT2D eigenvalue weighted by Crippen LogP contribution is 2.23. The number of halogens is 1. The van der Waals surface area contributed by atoms with Gasteiger partial charge in [0.05, 0.1) is 11.6 Å². The van der Waals surface area contributed by atoms with Crippen LogP contribution in [0.15, 0.2) is 24.8 Å². The van der Waals surface area contributed by atoms with Gasteiger partial charge in [0.1, 0.15) is 0 Å². The first-order valence-corrected chi connectivity index (χ1v) is 6.54. The van der Waals surface area contributed by atoms with Crippen molar-refractivity contribution < 1.29 is 14.3 Å². The van der Waals surface area contributed by atoms with Gasteiger partial charge in [-0.15, -0.1) is 0 Å². The summed E-state index contributed by atoms with van der Waals surface area (Å²) in [6.07, 6.45) is 2.45. The molecule has 0 atom stereocenters. The molecule has 19 heavy (non-hydrogen) atoms. The molecule has 0 bridgehead atoms. The molecule has 0 radical (unpaired) electrons. The van der Waals surface area contributed by atoms with E-state index in [9.17, 15) is 9.59 Å². The minimum Gasteiger partial charge on any atom is -0.466 e. The largest absolute Gasteiger partial charge is 0.466 e. The number of carbonyl (C=O) groups excluding carboxylic acids is 2. The van der Waals surface area contributed by atoms with Crippen LogP contribution >= 0.6 is 11.6 Å². The Morgan fingerprint density at radius 3 is 2.79 bits per heavy atom. The number of rotatable bonds is 7. The Kier molecular flexibility index (Phi) is 6.30. The second-order valence-electron chi connectivity index (χ2n) is 4.12. The Bertz CT molecular complexity index is 480. The van der Waals surface area contributed by atoms with E-state index in [2.05, 4.69) is 6.58 Å². The number of esters is 1. The molecule has 0 aliphatic carbocycles. The van der Waals surface area contributed by atoms with Crippen molar-refractivity contribution >= 4 is 29.4 Å². The molecule has 0 aliphatic heterocycles. The Labute approximate surface area is 118 Å². The smallest absolute Gasteiger partial charge is 0.305 e. The zero-order valence-electron chi connectivity index (χ0n) is 10.9. The number of hydrogen-bond acceptors (Lipinski definition) is 3. The standard InChI is InChI=1S/C15H17ClO3/c1-3-19-15(18)6-4-5-11(2)12-7-8-14(16)13(9-12)10-17/h7-10H,2-6H2,1H3. The van der Waals surface area contributed by atoms with Crippen LogP contribution in [0.1, 0.15) is 42.1 Å². The van der Waals surface area contributed by atoms with E-state index in [0.717, 1.165) is 17.4 Å². The maximum atomic E-state index is 11.2. The number of carbonyl (C=O) groups is 2. The van der Waals surface area contributed by atoms with Crippen LogP contribution in [0.25, 0.3) is 5.57 Å². The molecule has 0 aromatic heterocycles. The van der Waals surface area contributed by atoms with Crippen molar-refractivity contribution in [2.45, 2.75) is 26.2 Å². The lowest BCUT2D eigenvalue weighted by Gasteiger charge is -2.07. The molecule has 0 aliphatic rings. The minimum atomic E-state index is -0.194. The molecule has 102 valence electrons. The summed E-state index contributed by atoms with van der Waals surface area (Å²) in [7, 11) is 0. The van der Waals surface area contributed by atoms with Crippen molar-refractivity contribution in [3.8, 4) is 0 Å². The molecule has 0 N–H and O–H groups in total. The Hall–Kier alpha value is -1.61. The van der Waals surface area contributed by atoms with Gasteiger partial charge in [-0.3, -0.25) is 9.59 Å². The molecule has 0 fully saturated rings. The van der Waals surface area contributed by atoms with Gasteiger partial charge >= 0.3 is 5.97 Å². The predicted molar refractivity (Wildman–Crippen MR) is 76.4 cm³/mol. The third kappa shape index (κ3) is 4.87. The fraction of sp³-hybridized carbons (Fsp3) is 0.333. The normalized spacial score (nSPS) is 10.0. The highest BCUT2D eigenvalue weighted by atomic mass is 35.5. The lowest BCUT2D eigenvalue weighted by Crippen LogP contribution is -2.03. The van der Waals surface area contributed by atoms with Gasteiger partial charge in [0, 0.05) is 12.0 Å². The lowest BCUT2D eigenvalue weighted by molar-refractivity contribution is -0.143. The molecule has 3 nitrogen and oxygen atoms in total. The molecule has 0 saturated heterocycles. The van der Waals surface area contributed by atoms with E-state index in [1.165, 1.54) is 0 Å². The summed E-state index contributed by atoms with van der Waals surface area (Å²) >= 11 is 5.86. The first kappa shape index (κ1) is 15.4. The van der Waals surface area contributed by atoms with E-state index in [1.54, 1.807) is 19.1 Å². The van der Waals surface area contributed by atoms with E-state index in [1.807, 2.05) is 6.07 Å². The fourth-order valence-electron chi connectivity index (χ4n) is 1.68. The van der Waals surface area contributed by atoms with Crippen LogP contribution in [-0.4, -0.2) is 18.9 Å². The van der Waals surface area contributed by atoms with Gasteiger partial charge in [-0.05, 0) is 43.0 Å². The first-order chi connectivity index (χ1) is 9.08. The van der Waals surface area contributed by atoms with Crippen LogP contribution in [-0.2, 0) is 9.53 Å². The maximum Gasteiger partial charge on any atom is 0.305 e. The maximum absolute atomic E-state index is 11.2. The third-order valence-corrected chi connectivity index (χ3v) is 3.04. The molecule has 0 spiro atoms. The van der Waals surface area contributed by atoms with E-state index in [0.29, 0.717) is 36.5 Å². The van der Waals surface area contributed by atoms with Gasteiger partial charge < -0.3 is 4.74 Å². The van der Waals surface area contributed by atoms with Crippen molar-refractivity contribution in [3.05, 3.63) is 40.9 Å². The molecule has 1 aromatic rings. The zero-order valence-corrected chi connectivity index (χ0v) is 11.7. The highest BCUT2D eigenvalue weighted by molar-refractivity contribution is 6.33. The number of allylic oxidation sites excluding steroid dienone is 1. The molecule has 0 heterocycles. The van der Waals surface area contributed by atoms with Crippen LogP contribution in [0.3, 0.4) is 0 Å². The van der Waals surface area contributed by atoms with Crippen LogP contribution in [0.4, 0.5) is 0 Å². The molecule has 4 heteroatoms. The quantitative estimate of drug-likeness (QED) is 0.562. The van der Waals surface area contributed by atoms with Gasteiger partial charge in [0.15, 0.2) is 6.29 Å². The first-order valence-electron chi connectivity index (χ1n) is 6.17. The molecular weight excluding hydrogens is 264 g/mol. The van der Waals surface area contributed by atoms with Gasteiger partial charge in [-0.1, -0.05) is 24.2 Å². The number of hydrogen-bond donors (Lipinski definition) is 0. The molecule has 0 unspecified atom stereocenters. The predicted octanol–water partition coefficient (Wildman–Crippen LogP) is 3.90. The third-order valence-electron chi connectivity index (χ3n) is 2.70. The summed E-state index contributed by atoms with van der Waals surface area (Å²) in [5.41, 5.74) is 2.20. The van der Waals surface area contributed by atoms with E-state index in [-0.39, 0.29) is 5.97 Å². The van der Waals surface area contributed by atoms with Crippen molar-refractivity contribution in [2.24, 2.45) is 0 Å². The van der Waals surface area contributed by atoms with Crippen LogP contribution < -0.4 is 0 Å². The lowest BCUT2D eigenvalue weighted by atomic mass is 10.00. The van der Waals surface area contributed by atoms with Gasteiger partial charge in [-0.2, -0.15) is 0 Å². The van der Waals surface area contributed by atoms with Crippen molar-refractivity contribution in [2.75, 3.05) is 6.61 Å². The second kappa shape index (κ2) is 7.74. The summed E-state index contributed by atoms with van der Waals surface area (Å²) in [5.74, 6) is -0.194. The summed E-state index contributed by atoms with van der Waals surface area (Å²) in [6, 6.07) is 5.21. The zero-order chi connectivity index (χ0) is 14.3. The Balaban J connectivity index is 2.54. The van der Waals surface area contributed by atoms with E-state index >= 15 is 0 Å². The van der Waals surface area contributed by atoms with Crippen LogP contribution in [0.2, 0.25) is 5.02 Å². The summed E-state index contributed by atoms with van der Waals surface area (Å²) in [6.45, 7) is 6.15. The monoisotopic (exact) mass is 280 g/mol. The van der Waals surface area contributed by atoms with E-state index in [4.69, 9.17) is 16.3 Å². The number of ether oxygens (including phenoxy) is 1. The number of benzene rings is 1. The highest BCUT2D eigenvalue weighted by Gasteiger charge is 2.06. The topological polar surface area (TPSA) is 43.4 Å². The molecular formula is C15H17ClO3. The molecule has 0 saturated carbocycles. The van der Waals surface area contributed by atoms with Crippen molar-refractivity contribution in [1.82, 2.24) is 0 Å². The van der Waals surface area contributed by atoms with Crippen molar-refractivity contribution in [1.29, 1.82) is 0 Å². The van der Waals surface area contributed by atoms with Crippen molar-refractivity contribution in [3.63, 3.8) is 0 Å². The SMILES string of the molecule is C=C(CCCC(=O)OCC)c1ccc(Cl)c(C=O)c1. The van der Waals surface area contributed by atoms with Crippen LogP contribution in [0.5, 0.6) is 0 Å².